The van der Waals surface area contributed by atoms with E-state index in [1.807, 2.05) is 13.0 Å². The molecule has 0 bridgehead atoms. The van der Waals surface area contributed by atoms with E-state index >= 15 is 0 Å². The van der Waals surface area contributed by atoms with Crippen LogP contribution in [0.4, 0.5) is 0 Å². The fourth-order valence-electron chi connectivity index (χ4n) is 1.61. The highest BCUT2D eigenvalue weighted by molar-refractivity contribution is 6.11. The summed E-state index contributed by atoms with van der Waals surface area (Å²) in [6, 6.07) is 3.52. The number of azo groups is 1. The lowest BCUT2D eigenvalue weighted by Crippen LogP contribution is -2.13. The average Bonchev–Trinajstić information content (AvgIpc) is 2.10. The molecule has 4 heteroatoms. The van der Waals surface area contributed by atoms with E-state index in [4.69, 9.17) is 0 Å². The Kier molecular flexibility index (Phi) is 1.77. The number of benzene rings is 1. The van der Waals surface area contributed by atoms with Gasteiger partial charge in [-0.15, -0.1) is 10.2 Å². The number of fused-ring (bicyclic) bond motifs is 1. The highest BCUT2D eigenvalue weighted by Crippen LogP contribution is 2.22. The first-order valence-corrected chi connectivity index (χ1v) is 4.21. The molecule has 0 atom stereocenters. The summed E-state index contributed by atoms with van der Waals surface area (Å²) in [7, 11) is 0. The monoisotopic (exact) mass is 188 g/mol. The maximum Gasteiger partial charge on any atom is 0.296 e. The highest BCUT2D eigenvalue weighted by Gasteiger charge is 2.23. The van der Waals surface area contributed by atoms with Gasteiger partial charge >= 0.3 is 0 Å². The minimum Gasteiger partial charge on any atom is -0.265 e. The van der Waals surface area contributed by atoms with E-state index in [9.17, 15) is 9.59 Å². The number of carbonyl (C=O) groups excluding carboxylic acids is 2. The third-order valence-corrected chi connectivity index (χ3v) is 2.16. The van der Waals surface area contributed by atoms with Crippen molar-refractivity contribution in [3.8, 4) is 0 Å². The van der Waals surface area contributed by atoms with E-state index < -0.39 is 11.8 Å². The number of nitrogens with zero attached hydrogens (tertiary/aromatic N) is 2. The Labute approximate surface area is 80.7 Å². The van der Waals surface area contributed by atoms with Gasteiger partial charge in [0.05, 0.1) is 11.1 Å². The maximum atomic E-state index is 11.4. The second kappa shape index (κ2) is 2.83. The molecular weight excluding hydrogens is 180 g/mol. The summed E-state index contributed by atoms with van der Waals surface area (Å²) in [5.74, 6) is -0.872. The predicted molar refractivity (Wildman–Crippen MR) is 49.4 cm³/mol. The summed E-state index contributed by atoms with van der Waals surface area (Å²) in [4.78, 5) is 22.7. The largest absolute Gasteiger partial charge is 0.296 e. The Balaban J connectivity index is 2.78. The average molecular weight is 188 g/mol. The third kappa shape index (κ3) is 1.16. The van der Waals surface area contributed by atoms with Crippen molar-refractivity contribution in [2.75, 3.05) is 0 Å². The Morgan fingerprint density at radius 3 is 2.36 bits per heavy atom. The first-order chi connectivity index (χ1) is 6.59. The molecule has 1 heterocycles. The van der Waals surface area contributed by atoms with Crippen molar-refractivity contribution in [3.63, 3.8) is 0 Å². The first kappa shape index (κ1) is 8.74. The van der Waals surface area contributed by atoms with Gasteiger partial charge in [-0.3, -0.25) is 9.59 Å². The predicted octanol–water partition coefficient (Wildman–Crippen LogP) is 2.05. The SMILES string of the molecule is Cc1cc(C)c2c(c1)C(=O)N=NC2=O. The molecule has 0 aromatic heterocycles. The lowest BCUT2D eigenvalue weighted by atomic mass is 9.97. The lowest BCUT2D eigenvalue weighted by molar-refractivity contribution is 0.0920. The van der Waals surface area contributed by atoms with E-state index in [0.717, 1.165) is 11.1 Å². The second-order valence-electron chi connectivity index (χ2n) is 3.31. The molecule has 4 nitrogen and oxygen atoms in total. The van der Waals surface area contributed by atoms with Crippen molar-refractivity contribution in [1.29, 1.82) is 0 Å². The van der Waals surface area contributed by atoms with Crippen LogP contribution in [0.15, 0.2) is 22.4 Å². The topological polar surface area (TPSA) is 58.9 Å². The normalized spacial score (nSPS) is 14.4. The molecule has 0 spiro atoms. The Hall–Kier alpha value is -1.84. The fraction of sp³-hybridized carbons (Fsp3) is 0.200. The number of carbonyl (C=O) groups is 2. The van der Waals surface area contributed by atoms with Crippen LogP contribution in [0.3, 0.4) is 0 Å². The first-order valence-electron chi connectivity index (χ1n) is 4.21. The lowest BCUT2D eigenvalue weighted by Gasteiger charge is -2.10. The molecule has 0 unspecified atom stereocenters. The minimum atomic E-state index is -0.439. The number of aryl methyl sites for hydroxylation is 2. The molecule has 0 radical (unpaired) electrons. The van der Waals surface area contributed by atoms with E-state index in [-0.39, 0.29) is 0 Å². The van der Waals surface area contributed by atoms with Gasteiger partial charge in [-0.1, -0.05) is 11.6 Å². The molecule has 2 amide bonds. The van der Waals surface area contributed by atoms with Gasteiger partial charge in [-0.2, -0.15) is 0 Å². The summed E-state index contributed by atoms with van der Waals surface area (Å²) in [6.45, 7) is 3.66. The highest BCUT2D eigenvalue weighted by atomic mass is 16.2. The van der Waals surface area contributed by atoms with Crippen LogP contribution in [0.2, 0.25) is 0 Å². The van der Waals surface area contributed by atoms with E-state index in [2.05, 4.69) is 10.2 Å². The zero-order chi connectivity index (χ0) is 10.3. The van der Waals surface area contributed by atoms with E-state index in [1.54, 1.807) is 13.0 Å². The Morgan fingerprint density at radius 2 is 1.64 bits per heavy atom. The minimum absolute atomic E-state index is 0.363. The molecule has 0 N–H and O–H groups in total. The Morgan fingerprint density at radius 1 is 1.00 bits per heavy atom. The number of amides is 2. The second-order valence-corrected chi connectivity index (χ2v) is 3.31. The molecule has 70 valence electrons. The quantitative estimate of drug-likeness (QED) is 0.625. The summed E-state index contributed by atoms with van der Waals surface area (Å²) < 4.78 is 0. The molecule has 2 rings (SSSR count). The third-order valence-electron chi connectivity index (χ3n) is 2.16. The van der Waals surface area contributed by atoms with Crippen molar-refractivity contribution in [2.24, 2.45) is 10.2 Å². The van der Waals surface area contributed by atoms with Crippen LogP contribution in [0.25, 0.3) is 0 Å². The number of hydrogen-bond donors (Lipinski definition) is 0. The van der Waals surface area contributed by atoms with Gasteiger partial charge in [0, 0.05) is 0 Å². The smallest absolute Gasteiger partial charge is 0.265 e. The molecule has 0 saturated carbocycles. The van der Waals surface area contributed by atoms with Gasteiger partial charge in [0.15, 0.2) is 0 Å². The van der Waals surface area contributed by atoms with Crippen LogP contribution in [0.5, 0.6) is 0 Å². The summed E-state index contributed by atoms with van der Waals surface area (Å²) >= 11 is 0. The van der Waals surface area contributed by atoms with Crippen molar-refractivity contribution in [3.05, 3.63) is 34.4 Å². The van der Waals surface area contributed by atoms with Gasteiger partial charge in [0.25, 0.3) is 11.8 Å². The number of rotatable bonds is 0. The number of hydrogen-bond acceptors (Lipinski definition) is 2. The fourth-order valence-corrected chi connectivity index (χ4v) is 1.61. The maximum absolute atomic E-state index is 11.4. The molecule has 1 aliphatic heterocycles. The van der Waals surface area contributed by atoms with Crippen LogP contribution in [0, 0.1) is 13.8 Å². The molecule has 1 aromatic rings. The van der Waals surface area contributed by atoms with Crippen LogP contribution in [0.1, 0.15) is 31.8 Å². The zero-order valence-corrected chi connectivity index (χ0v) is 7.87. The summed E-state index contributed by atoms with van der Waals surface area (Å²) in [5, 5.41) is 6.55. The van der Waals surface area contributed by atoms with E-state index in [0.29, 0.717) is 11.1 Å². The van der Waals surface area contributed by atoms with Crippen molar-refractivity contribution in [2.45, 2.75) is 13.8 Å². The zero-order valence-electron chi connectivity index (χ0n) is 7.87. The summed E-state index contributed by atoms with van der Waals surface area (Å²) in [5.41, 5.74) is 2.47. The van der Waals surface area contributed by atoms with Gasteiger partial charge in [-0.05, 0) is 25.5 Å². The van der Waals surface area contributed by atoms with Gasteiger partial charge in [-0.25, -0.2) is 0 Å². The molecule has 14 heavy (non-hydrogen) atoms. The van der Waals surface area contributed by atoms with Crippen molar-refractivity contribution < 1.29 is 9.59 Å². The molecule has 1 aromatic carbocycles. The molecule has 0 saturated heterocycles. The van der Waals surface area contributed by atoms with Crippen LogP contribution >= 0.6 is 0 Å². The van der Waals surface area contributed by atoms with Crippen molar-refractivity contribution >= 4 is 11.8 Å². The van der Waals surface area contributed by atoms with Crippen LogP contribution in [-0.2, 0) is 0 Å². The van der Waals surface area contributed by atoms with E-state index in [1.165, 1.54) is 0 Å². The molecule has 0 fully saturated rings. The van der Waals surface area contributed by atoms with Crippen molar-refractivity contribution in [1.82, 2.24) is 0 Å². The molecular formula is C10H8N2O2. The standard InChI is InChI=1S/C10H8N2O2/c1-5-3-6(2)8-7(4-5)9(13)11-12-10(8)14/h3-4H,1-2H3. The van der Waals surface area contributed by atoms with Gasteiger partial charge in [0.1, 0.15) is 0 Å². The summed E-state index contributed by atoms with van der Waals surface area (Å²) in [6.07, 6.45) is 0. The van der Waals surface area contributed by atoms with Crippen LogP contribution in [-0.4, -0.2) is 11.8 Å². The molecule has 0 aliphatic carbocycles. The Bertz CT molecular complexity index is 475. The van der Waals surface area contributed by atoms with Gasteiger partial charge < -0.3 is 0 Å². The molecule has 1 aliphatic rings. The van der Waals surface area contributed by atoms with Gasteiger partial charge in [0.2, 0.25) is 0 Å². The van der Waals surface area contributed by atoms with Crippen LogP contribution < -0.4 is 0 Å².